The monoisotopic (exact) mass is 481 g/mol. The van der Waals surface area contributed by atoms with Crippen LogP contribution >= 0.6 is 11.3 Å². The van der Waals surface area contributed by atoms with Crippen molar-refractivity contribution in [2.45, 2.75) is 19.4 Å². The molecule has 0 spiro atoms. The molecule has 0 fully saturated rings. The van der Waals surface area contributed by atoms with Crippen LogP contribution in [0.2, 0.25) is 0 Å². The number of fused-ring (bicyclic) bond motifs is 1. The lowest BCUT2D eigenvalue weighted by Gasteiger charge is -2.30. The summed E-state index contributed by atoms with van der Waals surface area (Å²) in [6.07, 6.45) is -1.14. The Morgan fingerprint density at radius 2 is 1.91 bits per heavy atom. The van der Waals surface area contributed by atoms with Gasteiger partial charge in [-0.2, -0.15) is 0 Å². The zero-order valence-electron chi connectivity index (χ0n) is 18.9. The lowest BCUT2D eigenvalue weighted by molar-refractivity contribution is -0.153. The van der Waals surface area contributed by atoms with Crippen molar-refractivity contribution < 1.29 is 28.6 Å². The van der Waals surface area contributed by atoms with Crippen molar-refractivity contribution in [3.8, 4) is 22.1 Å². The van der Waals surface area contributed by atoms with Crippen LogP contribution in [-0.2, 0) is 25.5 Å². The number of ether oxygens (including phenoxy) is 3. The minimum Gasteiger partial charge on any atom is -0.493 e. The zero-order chi connectivity index (χ0) is 24.2. The fourth-order valence-corrected chi connectivity index (χ4v) is 4.39. The molecule has 0 saturated carbocycles. The highest BCUT2D eigenvalue weighted by Gasteiger charge is 2.31. The summed E-state index contributed by atoms with van der Waals surface area (Å²) in [5, 5.41) is 5.20. The Morgan fingerprint density at radius 3 is 2.68 bits per heavy atom. The zero-order valence-corrected chi connectivity index (χ0v) is 19.7. The van der Waals surface area contributed by atoms with E-state index in [1.165, 1.54) is 23.2 Å². The van der Waals surface area contributed by atoms with Crippen LogP contribution in [0.4, 0.5) is 11.4 Å². The Bertz CT molecular complexity index is 1240. The van der Waals surface area contributed by atoms with Gasteiger partial charge < -0.3 is 19.5 Å². The van der Waals surface area contributed by atoms with E-state index in [1.807, 2.05) is 12.1 Å². The average molecular weight is 482 g/mol. The molecule has 2 amide bonds. The molecule has 0 radical (unpaired) electrons. The van der Waals surface area contributed by atoms with E-state index in [0.29, 0.717) is 33.6 Å². The molecular weight excluding hydrogens is 458 g/mol. The molecule has 176 valence electrons. The number of carbonyl (C=O) groups excluding carboxylic acids is 3. The molecule has 0 aliphatic carbocycles. The second-order valence-electron chi connectivity index (χ2n) is 7.51. The molecule has 1 N–H and O–H groups in total. The maximum absolute atomic E-state index is 12.9. The average Bonchev–Trinajstić information content (AvgIpc) is 3.30. The number of hydrogen-bond donors (Lipinski definition) is 1. The summed E-state index contributed by atoms with van der Waals surface area (Å²) in [5.74, 6) is -0.175. The first-order valence-electron chi connectivity index (χ1n) is 10.5. The van der Waals surface area contributed by atoms with Gasteiger partial charge in [-0.25, -0.2) is 4.98 Å². The summed E-state index contributed by atoms with van der Waals surface area (Å²) in [7, 11) is 3.12. The van der Waals surface area contributed by atoms with E-state index in [1.54, 1.807) is 49.9 Å². The van der Waals surface area contributed by atoms with E-state index < -0.39 is 18.0 Å². The predicted octanol–water partition coefficient (Wildman–Crippen LogP) is 3.29. The number of nitrogens with one attached hydrogen (secondary N) is 1. The molecule has 1 aliphatic heterocycles. The van der Waals surface area contributed by atoms with Crippen molar-refractivity contribution >= 4 is 40.5 Å². The summed E-state index contributed by atoms with van der Waals surface area (Å²) in [6, 6.07) is 12.4. The highest BCUT2D eigenvalue weighted by molar-refractivity contribution is 7.13. The normalized spacial score (nSPS) is 13.5. The number of nitrogens with zero attached hydrogens (tertiary/aromatic N) is 2. The van der Waals surface area contributed by atoms with Crippen LogP contribution in [0.1, 0.15) is 12.6 Å². The van der Waals surface area contributed by atoms with Crippen molar-refractivity contribution in [3.63, 3.8) is 0 Å². The SMILES string of the molecule is COc1ccc(-c2nc(CC(=O)O[C@H](C)C(=O)N3CC(=O)Nc4ccccc43)cs2)cc1OC. The van der Waals surface area contributed by atoms with Gasteiger partial charge in [0.2, 0.25) is 5.91 Å². The Labute approximate surface area is 200 Å². The highest BCUT2D eigenvalue weighted by atomic mass is 32.1. The van der Waals surface area contributed by atoms with Crippen molar-refractivity contribution in [3.05, 3.63) is 53.5 Å². The Hall–Kier alpha value is -3.92. The van der Waals surface area contributed by atoms with Crippen molar-refractivity contribution in [2.75, 3.05) is 31.0 Å². The number of esters is 1. The van der Waals surface area contributed by atoms with Gasteiger partial charge in [-0.1, -0.05) is 12.1 Å². The van der Waals surface area contributed by atoms with Crippen LogP contribution in [0.15, 0.2) is 47.8 Å². The van der Waals surface area contributed by atoms with Gasteiger partial charge in [-0.15, -0.1) is 11.3 Å². The predicted molar refractivity (Wildman–Crippen MR) is 127 cm³/mol. The van der Waals surface area contributed by atoms with Gasteiger partial charge in [-0.3, -0.25) is 19.3 Å². The standard InChI is InChI=1S/C24H23N3O6S/c1-14(24(30)27-12-21(28)26-17-6-4-5-7-18(17)27)33-22(29)11-16-13-34-23(25-16)15-8-9-19(31-2)20(10-15)32-3/h4-10,13-14H,11-12H2,1-3H3,(H,26,28)/t14-/m1/s1. The first-order chi connectivity index (χ1) is 16.4. The topological polar surface area (TPSA) is 107 Å². The number of anilines is 2. The van der Waals surface area contributed by atoms with Gasteiger partial charge in [-0.05, 0) is 37.3 Å². The lowest BCUT2D eigenvalue weighted by atomic mass is 10.1. The van der Waals surface area contributed by atoms with Crippen molar-refractivity contribution in [1.29, 1.82) is 0 Å². The largest absolute Gasteiger partial charge is 0.493 e. The number of methoxy groups -OCH3 is 2. The van der Waals surface area contributed by atoms with Gasteiger partial charge in [0.15, 0.2) is 17.6 Å². The second kappa shape index (κ2) is 9.92. The number of carbonyl (C=O) groups is 3. The highest BCUT2D eigenvalue weighted by Crippen LogP contribution is 2.34. The first kappa shape index (κ1) is 23.2. The fraction of sp³-hybridized carbons (Fsp3) is 0.250. The number of para-hydroxylation sites is 2. The van der Waals surface area contributed by atoms with Crippen molar-refractivity contribution in [1.82, 2.24) is 4.98 Å². The van der Waals surface area contributed by atoms with E-state index in [2.05, 4.69) is 10.3 Å². The quantitative estimate of drug-likeness (QED) is 0.516. The Balaban J connectivity index is 1.40. The van der Waals surface area contributed by atoms with E-state index in [-0.39, 0.29) is 18.9 Å². The van der Waals surface area contributed by atoms with Gasteiger partial charge in [0.25, 0.3) is 5.91 Å². The fourth-order valence-electron chi connectivity index (χ4n) is 3.58. The number of hydrogen-bond acceptors (Lipinski definition) is 8. The van der Waals surface area contributed by atoms with Gasteiger partial charge in [0.1, 0.15) is 11.6 Å². The van der Waals surface area contributed by atoms with Crippen LogP contribution in [0.5, 0.6) is 11.5 Å². The first-order valence-corrected chi connectivity index (χ1v) is 11.3. The summed E-state index contributed by atoms with van der Waals surface area (Å²) < 4.78 is 16.0. The van der Waals surface area contributed by atoms with Crippen LogP contribution in [-0.4, -0.2) is 49.6 Å². The van der Waals surface area contributed by atoms with Crippen LogP contribution < -0.4 is 19.7 Å². The third kappa shape index (κ3) is 4.86. The van der Waals surface area contributed by atoms with Crippen LogP contribution in [0.25, 0.3) is 10.6 Å². The molecule has 34 heavy (non-hydrogen) atoms. The minimum absolute atomic E-state index is 0.0848. The number of rotatable bonds is 7. The van der Waals surface area contributed by atoms with Gasteiger partial charge in [0, 0.05) is 10.9 Å². The molecule has 0 saturated heterocycles. The maximum Gasteiger partial charge on any atom is 0.312 e. The molecule has 1 aliphatic rings. The molecule has 2 aromatic carbocycles. The van der Waals surface area contributed by atoms with E-state index >= 15 is 0 Å². The van der Waals surface area contributed by atoms with E-state index in [0.717, 1.165) is 5.56 Å². The number of thiazole rings is 1. The van der Waals surface area contributed by atoms with E-state index in [4.69, 9.17) is 14.2 Å². The number of benzene rings is 2. The molecule has 3 aromatic rings. The molecule has 0 bridgehead atoms. The lowest BCUT2D eigenvalue weighted by Crippen LogP contribution is -2.47. The summed E-state index contributed by atoms with van der Waals surface area (Å²) in [4.78, 5) is 43.3. The molecular formula is C24H23N3O6S. The third-order valence-electron chi connectivity index (χ3n) is 5.20. The van der Waals surface area contributed by atoms with Crippen molar-refractivity contribution in [2.24, 2.45) is 0 Å². The molecule has 0 unspecified atom stereocenters. The Morgan fingerprint density at radius 1 is 1.15 bits per heavy atom. The molecule has 4 rings (SSSR count). The molecule has 2 heterocycles. The maximum atomic E-state index is 12.9. The van der Waals surface area contributed by atoms with E-state index in [9.17, 15) is 14.4 Å². The smallest absolute Gasteiger partial charge is 0.312 e. The van der Waals surface area contributed by atoms with Crippen LogP contribution in [0.3, 0.4) is 0 Å². The summed E-state index contributed by atoms with van der Waals surface area (Å²) in [6.45, 7) is 1.35. The number of amides is 2. The molecule has 10 heteroatoms. The molecule has 9 nitrogen and oxygen atoms in total. The summed E-state index contributed by atoms with van der Waals surface area (Å²) in [5.41, 5.74) is 2.46. The third-order valence-corrected chi connectivity index (χ3v) is 6.14. The molecule has 1 atom stereocenters. The van der Waals surface area contributed by atoms with Crippen LogP contribution in [0, 0.1) is 0 Å². The Kier molecular flexibility index (Phi) is 6.78. The second-order valence-corrected chi connectivity index (χ2v) is 8.37. The van der Waals surface area contributed by atoms with Gasteiger partial charge >= 0.3 is 5.97 Å². The summed E-state index contributed by atoms with van der Waals surface area (Å²) >= 11 is 1.38. The molecule has 1 aromatic heterocycles. The number of aromatic nitrogens is 1. The minimum atomic E-state index is -1.06. The van der Waals surface area contributed by atoms with Gasteiger partial charge in [0.05, 0.1) is 37.7 Å².